The van der Waals surface area contributed by atoms with Gasteiger partial charge in [0.25, 0.3) is 11.8 Å². The highest BCUT2D eigenvalue weighted by Gasteiger charge is 2.34. The molecule has 41 heavy (non-hydrogen) atoms. The maximum atomic E-state index is 13.2. The van der Waals surface area contributed by atoms with Crippen LogP contribution in [0.1, 0.15) is 27.6 Å². The number of halogens is 1. The number of fused-ring (bicyclic) bond motifs is 2. The van der Waals surface area contributed by atoms with E-state index in [0.717, 1.165) is 22.3 Å². The van der Waals surface area contributed by atoms with E-state index in [4.69, 9.17) is 4.74 Å². The summed E-state index contributed by atoms with van der Waals surface area (Å²) in [4.78, 5) is 26.1. The van der Waals surface area contributed by atoms with Crippen LogP contribution in [0, 0.1) is 5.82 Å². The fraction of sp³-hybridized carbons (Fsp3) is 0.156. The van der Waals surface area contributed by atoms with E-state index in [2.05, 4.69) is 9.82 Å². The Bertz CT molecular complexity index is 1560. The van der Waals surface area contributed by atoms with Gasteiger partial charge in [0.15, 0.2) is 0 Å². The van der Waals surface area contributed by atoms with Gasteiger partial charge in [-0.3, -0.25) is 19.2 Å². The van der Waals surface area contributed by atoms with E-state index in [0.29, 0.717) is 30.0 Å². The molecule has 1 unspecified atom stereocenters. The topological polar surface area (TPSA) is 76.5 Å². The second-order valence-corrected chi connectivity index (χ2v) is 10.3. The SMILES string of the molecule is CC(COc1ccc2c(cnn2-c2ccc(F)cc2)c1)NSCCN1C(=O)c2ccccc2C1=O.c1ccccc1. The van der Waals surface area contributed by atoms with Gasteiger partial charge in [0.1, 0.15) is 18.2 Å². The Labute approximate surface area is 242 Å². The average molecular weight is 569 g/mol. The Morgan fingerprint density at radius 3 is 2.15 bits per heavy atom. The van der Waals surface area contributed by atoms with Crippen molar-refractivity contribution < 1.29 is 18.7 Å². The van der Waals surface area contributed by atoms with Crippen molar-refractivity contribution >= 4 is 34.7 Å². The minimum atomic E-state index is -0.287. The molecule has 1 aromatic heterocycles. The molecule has 0 radical (unpaired) electrons. The Morgan fingerprint density at radius 2 is 1.51 bits per heavy atom. The minimum absolute atomic E-state index is 0.0415. The fourth-order valence-corrected chi connectivity index (χ4v) is 5.05. The predicted octanol–water partition coefficient (Wildman–Crippen LogP) is 6.15. The molecule has 6 rings (SSSR count). The summed E-state index contributed by atoms with van der Waals surface area (Å²) in [6.45, 7) is 2.78. The number of carbonyl (C=O) groups excluding carboxylic acids is 2. The molecule has 0 fully saturated rings. The van der Waals surface area contributed by atoms with Crippen LogP contribution < -0.4 is 9.46 Å². The lowest BCUT2D eigenvalue weighted by Crippen LogP contribution is -2.33. The number of rotatable bonds is 9. The highest BCUT2D eigenvalue weighted by atomic mass is 32.2. The zero-order valence-electron chi connectivity index (χ0n) is 22.4. The van der Waals surface area contributed by atoms with Crippen molar-refractivity contribution in [2.45, 2.75) is 13.0 Å². The summed E-state index contributed by atoms with van der Waals surface area (Å²) in [6, 6.07) is 30.9. The largest absolute Gasteiger partial charge is 0.492 e. The van der Waals surface area contributed by atoms with Crippen molar-refractivity contribution in [3.8, 4) is 11.4 Å². The van der Waals surface area contributed by atoms with Gasteiger partial charge < -0.3 is 4.74 Å². The summed E-state index contributed by atoms with van der Waals surface area (Å²) < 4.78 is 24.2. The Morgan fingerprint density at radius 1 is 0.878 bits per heavy atom. The zero-order chi connectivity index (χ0) is 28.6. The van der Waals surface area contributed by atoms with Crippen LogP contribution in [0.4, 0.5) is 4.39 Å². The summed E-state index contributed by atoms with van der Waals surface area (Å²) >= 11 is 1.45. The van der Waals surface area contributed by atoms with Crippen molar-refractivity contribution in [2.24, 2.45) is 0 Å². The van der Waals surface area contributed by atoms with E-state index >= 15 is 0 Å². The van der Waals surface area contributed by atoms with Crippen molar-refractivity contribution in [3.05, 3.63) is 126 Å². The van der Waals surface area contributed by atoms with E-state index in [-0.39, 0.29) is 23.7 Å². The molecule has 1 atom stereocenters. The first-order chi connectivity index (χ1) is 20.0. The molecule has 5 aromatic rings. The molecule has 0 aliphatic carbocycles. The first kappa shape index (κ1) is 28.1. The van der Waals surface area contributed by atoms with Gasteiger partial charge in [0.05, 0.1) is 28.5 Å². The van der Waals surface area contributed by atoms with Crippen molar-refractivity contribution in [1.82, 2.24) is 19.4 Å². The van der Waals surface area contributed by atoms with Gasteiger partial charge in [0, 0.05) is 23.7 Å². The molecular formula is C32H29FN4O3S. The number of ether oxygens (including phenoxy) is 1. The summed E-state index contributed by atoms with van der Waals surface area (Å²) in [7, 11) is 0. The standard InChI is InChI=1S/C26H23FN4O3S.C6H6/c1-17(29-35-13-12-30-25(32)22-4-2-3-5-23(22)26(30)33)16-34-21-10-11-24-18(14-21)15-28-31(24)20-8-6-19(27)7-9-20;1-2-4-6-5-3-1/h2-11,14-15,17,29H,12-13,16H2,1H3;1-6H. The van der Waals surface area contributed by atoms with Crippen LogP contribution in [0.3, 0.4) is 0 Å². The lowest BCUT2D eigenvalue weighted by atomic mass is 10.1. The van der Waals surface area contributed by atoms with Crippen molar-refractivity contribution in [2.75, 3.05) is 18.9 Å². The highest BCUT2D eigenvalue weighted by molar-refractivity contribution is 7.97. The van der Waals surface area contributed by atoms with Gasteiger partial charge in [-0.2, -0.15) is 5.10 Å². The molecule has 7 nitrogen and oxygen atoms in total. The van der Waals surface area contributed by atoms with Gasteiger partial charge in [-0.25, -0.2) is 9.07 Å². The summed E-state index contributed by atoms with van der Waals surface area (Å²) in [5.41, 5.74) is 2.62. The van der Waals surface area contributed by atoms with Gasteiger partial charge >= 0.3 is 0 Å². The maximum Gasteiger partial charge on any atom is 0.261 e. The van der Waals surface area contributed by atoms with E-state index < -0.39 is 0 Å². The summed E-state index contributed by atoms with van der Waals surface area (Å²) in [6.07, 6.45) is 1.75. The molecule has 0 saturated heterocycles. The van der Waals surface area contributed by atoms with Crippen LogP contribution in [0.25, 0.3) is 16.6 Å². The number of benzene rings is 4. The minimum Gasteiger partial charge on any atom is -0.492 e. The number of imide groups is 1. The molecule has 4 aromatic carbocycles. The third kappa shape index (κ3) is 6.82. The monoisotopic (exact) mass is 568 g/mol. The predicted molar refractivity (Wildman–Crippen MR) is 160 cm³/mol. The van der Waals surface area contributed by atoms with Gasteiger partial charge in [0.2, 0.25) is 0 Å². The molecule has 2 amide bonds. The van der Waals surface area contributed by atoms with E-state index in [9.17, 15) is 14.0 Å². The molecule has 0 bridgehead atoms. The average Bonchev–Trinajstić information content (AvgIpc) is 3.54. The first-order valence-electron chi connectivity index (χ1n) is 13.2. The quantitative estimate of drug-likeness (QED) is 0.131. The number of carbonyl (C=O) groups is 2. The molecule has 208 valence electrons. The third-order valence-corrected chi connectivity index (χ3v) is 7.31. The number of nitrogens with zero attached hydrogens (tertiary/aromatic N) is 3. The van der Waals surface area contributed by atoms with Gasteiger partial charge in [-0.1, -0.05) is 60.5 Å². The van der Waals surface area contributed by atoms with Crippen LogP contribution >= 0.6 is 11.9 Å². The second-order valence-electron chi connectivity index (χ2n) is 9.39. The van der Waals surface area contributed by atoms with Crippen molar-refractivity contribution in [1.29, 1.82) is 0 Å². The molecule has 2 heterocycles. The van der Waals surface area contributed by atoms with Crippen LogP contribution in [0.5, 0.6) is 5.75 Å². The van der Waals surface area contributed by atoms with E-state index in [1.54, 1.807) is 47.3 Å². The summed E-state index contributed by atoms with van der Waals surface area (Å²) in [5.74, 6) is 0.539. The highest BCUT2D eigenvalue weighted by Crippen LogP contribution is 2.24. The Balaban J connectivity index is 0.000000500. The van der Waals surface area contributed by atoms with Crippen LogP contribution in [0.2, 0.25) is 0 Å². The normalized spacial score (nSPS) is 13.1. The van der Waals surface area contributed by atoms with Crippen LogP contribution in [0.15, 0.2) is 109 Å². The first-order valence-corrected chi connectivity index (χ1v) is 14.2. The fourth-order valence-electron chi connectivity index (χ4n) is 4.31. The van der Waals surface area contributed by atoms with Gasteiger partial charge in [-0.15, -0.1) is 0 Å². The Hall–Kier alpha value is -4.47. The van der Waals surface area contributed by atoms with Gasteiger partial charge in [-0.05, 0) is 61.5 Å². The molecule has 9 heteroatoms. The number of hydrogen-bond donors (Lipinski definition) is 1. The zero-order valence-corrected chi connectivity index (χ0v) is 23.3. The smallest absolute Gasteiger partial charge is 0.261 e. The second kappa shape index (κ2) is 13.3. The van der Waals surface area contributed by atoms with Crippen molar-refractivity contribution in [3.63, 3.8) is 0 Å². The summed E-state index contributed by atoms with van der Waals surface area (Å²) in [5, 5.41) is 5.33. The molecule has 1 N–H and O–H groups in total. The molecule has 1 aliphatic rings. The lowest BCUT2D eigenvalue weighted by Gasteiger charge is -2.16. The Kier molecular flexibility index (Phi) is 9.08. The number of amides is 2. The van der Waals surface area contributed by atoms with E-state index in [1.165, 1.54) is 29.0 Å². The molecule has 0 saturated carbocycles. The molecule has 0 spiro atoms. The maximum absolute atomic E-state index is 13.2. The molecular weight excluding hydrogens is 539 g/mol. The third-order valence-electron chi connectivity index (χ3n) is 6.36. The van der Waals surface area contributed by atoms with Crippen LogP contribution in [-0.4, -0.2) is 51.4 Å². The number of hydrogen-bond acceptors (Lipinski definition) is 6. The van der Waals surface area contributed by atoms with Crippen LogP contribution in [-0.2, 0) is 0 Å². The lowest BCUT2D eigenvalue weighted by molar-refractivity contribution is 0.0664. The van der Waals surface area contributed by atoms with E-state index in [1.807, 2.05) is 61.5 Å². The molecule has 1 aliphatic heterocycles. The number of nitrogens with one attached hydrogen (secondary N) is 1. The number of aromatic nitrogens is 2.